The number of esters is 2. The molecule has 0 radical (unpaired) electrons. The quantitative estimate of drug-likeness (QED) is 0.0386. The Hall–Kier alpha value is -1.84. The number of carbonyl (C=O) groups excluding carboxylic acids is 2. The van der Waals surface area contributed by atoms with Crippen LogP contribution < -0.4 is 0 Å². The van der Waals surface area contributed by atoms with E-state index in [1.54, 1.807) is 0 Å². The molecule has 4 nitrogen and oxygen atoms in total. The van der Waals surface area contributed by atoms with Crippen molar-refractivity contribution in [2.24, 2.45) is 5.92 Å². The second-order valence-electron chi connectivity index (χ2n) is 13.6. The van der Waals surface area contributed by atoms with Gasteiger partial charge in [-0.2, -0.15) is 0 Å². The summed E-state index contributed by atoms with van der Waals surface area (Å²) >= 11 is 0. The van der Waals surface area contributed by atoms with Crippen molar-refractivity contribution in [3.05, 3.63) is 36.5 Å². The summed E-state index contributed by atoms with van der Waals surface area (Å²) in [5.41, 5.74) is 0. The van der Waals surface area contributed by atoms with Gasteiger partial charge in [0.25, 0.3) is 0 Å². The van der Waals surface area contributed by atoms with E-state index < -0.39 is 0 Å². The van der Waals surface area contributed by atoms with Crippen molar-refractivity contribution in [2.75, 3.05) is 6.61 Å². The van der Waals surface area contributed by atoms with Crippen molar-refractivity contribution < 1.29 is 19.1 Å². The first-order valence-electron chi connectivity index (χ1n) is 20.4. The van der Waals surface area contributed by atoms with Gasteiger partial charge in [0.15, 0.2) is 0 Å². The average molecular weight is 659 g/mol. The Balaban J connectivity index is 3.86. The van der Waals surface area contributed by atoms with Gasteiger partial charge in [-0.1, -0.05) is 154 Å². The SMILES string of the molecule is CC/C=C/CCCC(CCC/C=C/CC)OC(=O)CCCCCCCC(CC)CCCCCCCC(=O)OC/C=C/CCCCCC. The number of hydrogen-bond acceptors (Lipinski definition) is 4. The van der Waals surface area contributed by atoms with E-state index in [4.69, 9.17) is 9.47 Å². The van der Waals surface area contributed by atoms with Gasteiger partial charge in [-0.15, -0.1) is 0 Å². The van der Waals surface area contributed by atoms with Gasteiger partial charge in [0, 0.05) is 12.8 Å². The van der Waals surface area contributed by atoms with E-state index in [9.17, 15) is 9.59 Å². The van der Waals surface area contributed by atoms with Crippen LogP contribution in [0.5, 0.6) is 0 Å². The Labute approximate surface area is 293 Å². The van der Waals surface area contributed by atoms with Crippen LogP contribution in [0.15, 0.2) is 36.5 Å². The zero-order chi connectivity index (χ0) is 34.5. The molecule has 0 spiro atoms. The highest BCUT2D eigenvalue weighted by Crippen LogP contribution is 2.22. The molecule has 0 aromatic carbocycles. The van der Waals surface area contributed by atoms with Crippen LogP contribution in [0.2, 0.25) is 0 Å². The van der Waals surface area contributed by atoms with Gasteiger partial charge in [-0.3, -0.25) is 9.59 Å². The highest BCUT2D eigenvalue weighted by Gasteiger charge is 2.14. The molecule has 0 aliphatic heterocycles. The van der Waals surface area contributed by atoms with E-state index in [1.807, 2.05) is 6.08 Å². The van der Waals surface area contributed by atoms with Gasteiger partial charge in [0.1, 0.15) is 12.7 Å². The second-order valence-corrected chi connectivity index (χ2v) is 13.6. The minimum atomic E-state index is -0.0525. The Kier molecular flexibility index (Phi) is 35.5. The summed E-state index contributed by atoms with van der Waals surface area (Å²) in [4.78, 5) is 24.5. The number of hydrogen-bond donors (Lipinski definition) is 0. The van der Waals surface area contributed by atoms with Crippen LogP contribution in [0, 0.1) is 5.92 Å². The first-order valence-corrected chi connectivity index (χ1v) is 20.4. The third-order valence-electron chi connectivity index (χ3n) is 9.19. The van der Waals surface area contributed by atoms with Crippen LogP contribution in [-0.2, 0) is 19.1 Å². The topological polar surface area (TPSA) is 52.6 Å². The lowest BCUT2D eigenvalue weighted by molar-refractivity contribution is -0.150. The molecule has 0 saturated heterocycles. The van der Waals surface area contributed by atoms with Crippen LogP contribution in [-0.4, -0.2) is 24.6 Å². The third kappa shape index (κ3) is 33.8. The van der Waals surface area contributed by atoms with Crippen LogP contribution in [0.4, 0.5) is 0 Å². The first-order chi connectivity index (χ1) is 23.1. The lowest BCUT2D eigenvalue weighted by Crippen LogP contribution is -2.18. The minimum Gasteiger partial charge on any atom is -0.462 e. The smallest absolute Gasteiger partial charge is 0.306 e. The largest absolute Gasteiger partial charge is 0.462 e. The average Bonchev–Trinajstić information content (AvgIpc) is 3.07. The summed E-state index contributed by atoms with van der Waals surface area (Å²) in [6.07, 6.45) is 44.6. The van der Waals surface area contributed by atoms with Crippen molar-refractivity contribution in [1.29, 1.82) is 0 Å². The molecule has 0 fully saturated rings. The van der Waals surface area contributed by atoms with Crippen molar-refractivity contribution in [2.45, 2.75) is 214 Å². The fraction of sp³-hybridized carbons (Fsp3) is 0.814. The maximum absolute atomic E-state index is 12.6. The van der Waals surface area contributed by atoms with Gasteiger partial charge in [0.2, 0.25) is 0 Å². The number of unbranched alkanes of at least 4 members (excludes halogenated alkanes) is 14. The molecule has 0 saturated carbocycles. The normalized spacial score (nSPS) is 12.6. The summed E-state index contributed by atoms with van der Waals surface area (Å²) in [6, 6.07) is 0. The van der Waals surface area contributed by atoms with Crippen molar-refractivity contribution >= 4 is 11.9 Å². The maximum atomic E-state index is 12.6. The van der Waals surface area contributed by atoms with Crippen LogP contribution in [0.3, 0.4) is 0 Å². The second kappa shape index (κ2) is 37.0. The molecule has 0 N–H and O–H groups in total. The lowest BCUT2D eigenvalue weighted by atomic mass is 9.92. The Morgan fingerprint density at radius 3 is 1.53 bits per heavy atom. The van der Waals surface area contributed by atoms with Crippen molar-refractivity contribution in [1.82, 2.24) is 0 Å². The summed E-state index contributed by atoms with van der Waals surface area (Å²) in [6.45, 7) is 9.32. The first kappa shape index (κ1) is 45.2. The van der Waals surface area contributed by atoms with E-state index in [-0.39, 0.29) is 18.0 Å². The van der Waals surface area contributed by atoms with Crippen LogP contribution in [0.1, 0.15) is 207 Å². The van der Waals surface area contributed by atoms with Gasteiger partial charge in [0.05, 0.1) is 0 Å². The lowest BCUT2D eigenvalue weighted by Gasteiger charge is -2.17. The monoisotopic (exact) mass is 659 g/mol. The van der Waals surface area contributed by atoms with E-state index in [0.717, 1.165) is 89.4 Å². The van der Waals surface area contributed by atoms with E-state index in [2.05, 4.69) is 58.1 Å². The Morgan fingerprint density at radius 2 is 0.979 bits per heavy atom. The van der Waals surface area contributed by atoms with Crippen molar-refractivity contribution in [3.8, 4) is 0 Å². The fourth-order valence-corrected chi connectivity index (χ4v) is 6.11. The molecular weight excluding hydrogens is 580 g/mol. The summed E-state index contributed by atoms with van der Waals surface area (Å²) < 4.78 is 11.3. The van der Waals surface area contributed by atoms with Gasteiger partial charge >= 0.3 is 11.9 Å². The number of ether oxygens (including phenoxy) is 2. The molecular formula is C43H78O4. The maximum Gasteiger partial charge on any atom is 0.306 e. The molecule has 0 aliphatic carbocycles. The molecule has 0 aromatic heterocycles. The number of allylic oxidation sites excluding steroid dienone is 5. The minimum absolute atomic E-state index is 0.00501. The van der Waals surface area contributed by atoms with Gasteiger partial charge in [-0.25, -0.2) is 0 Å². The summed E-state index contributed by atoms with van der Waals surface area (Å²) in [7, 11) is 0. The molecule has 1 atom stereocenters. The van der Waals surface area contributed by atoms with Gasteiger partial charge < -0.3 is 9.47 Å². The summed E-state index contributed by atoms with van der Waals surface area (Å²) in [5.74, 6) is 0.792. The molecule has 1 unspecified atom stereocenters. The number of carbonyl (C=O) groups is 2. The Morgan fingerprint density at radius 1 is 0.489 bits per heavy atom. The van der Waals surface area contributed by atoms with Crippen molar-refractivity contribution in [3.63, 3.8) is 0 Å². The van der Waals surface area contributed by atoms with Crippen LogP contribution in [0.25, 0.3) is 0 Å². The molecule has 47 heavy (non-hydrogen) atoms. The predicted molar refractivity (Wildman–Crippen MR) is 204 cm³/mol. The molecule has 0 heterocycles. The zero-order valence-corrected chi connectivity index (χ0v) is 31.8. The van der Waals surface area contributed by atoms with Gasteiger partial charge in [-0.05, 0) is 83.0 Å². The fourth-order valence-electron chi connectivity index (χ4n) is 6.11. The zero-order valence-electron chi connectivity index (χ0n) is 31.8. The van der Waals surface area contributed by atoms with E-state index in [1.165, 1.54) is 83.5 Å². The predicted octanol–water partition coefficient (Wildman–Crippen LogP) is 13.7. The molecule has 274 valence electrons. The molecule has 0 bridgehead atoms. The highest BCUT2D eigenvalue weighted by atomic mass is 16.5. The number of rotatable bonds is 35. The Bertz CT molecular complexity index is 748. The molecule has 0 aromatic rings. The van der Waals surface area contributed by atoms with E-state index >= 15 is 0 Å². The van der Waals surface area contributed by atoms with Crippen LogP contribution >= 0.6 is 0 Å². The molecule has 0 rings (SSSR count). The third-order valence-corrected chi connectivity index (χ3v) is 9.19. The van der Waals surface area contributed by atoms with E-state index in [0.29, 0.717) is 19.4 Å². The summed E-state index contributed by atoms with van der Waals surface area (Å²) in [5, 5.41) is 0. The molecule has 0 aliphatic rings. The standard InChI is InChI=1S/C43H78O4/c1-5-9-12-15-16-25-32-39-46-42(44)37-30-23-17-21-26-33-40(8-4)34-27-22-18-24-31-38-43(45)47-41(35-28-19-13-10-6-2)36-29-20-14-11-7-3/h10-11,13-14,25,32,40-41H,5-9,12,15-24,26-31,33-39H2,1-4H3/b13-10+,14-11+,32-25+. The molecule has 0 amide bonds. The highest BCUT2D eigenvalue weighted by molar-refractivity contribution is 5.69. The molecule has 4 heteroatoms.